The summed E-state index contributed by atoms with van der Waals surface area (Å²) >= 11 is 0. The molecule has 0 unspecified atom stereocenters. The Kier molecular flexibility index (Phi) is 13.1. The van der Waals surface area contributed by atoms with E-state index in [4.69, 9.17) is 37.9 Å². The van der Waals surface area contributed by atoms with Crippen molar-refractivity contribution in [3.8, 4) is 0 Å². The van der Waals surface area contributed by atoms with Crippen LogP contribution in [0.2, 0.25) is 0 Å². The van der Waals surface area contributed by atoms with Crippen molar-refractivity contribution in [3.63, 3.8) is 0 Å². The van der Waals surface area contributed by atoms with Crippen molar-refractivity contribution in [2.24, 2.45) is 34.5 Å². The Balaban J connectivity index is 0.890. The van der Waals surface area contributed by atoms with Crippen LogP contribution in [0, 0.1) is 34.5 Å². The van der Waals surface area contributed by atoms with Gasteiger partial charge in [0.15, 0.2) is 18.9 Å². The lowest BCUT2D eigenvalue weighted by Gasteiger charge is -2.64. The van der Waals surface area contributed by atoms with E-state index in [0.717, 1.165) is 63.4 Å². The molecule has 16 nitrogen and oxygen atoms in total. The number of hydrogen-bond donors (Lipinski definition) is 5. The topological polar surface area (TPSA) is 226 Å². The van der Waals surface area contributed by atoms with E-state index in [1.165, 1.54) is 0 Å². The Bertz CT molecular complexity index is 1630. The highest BCUT2D eigenvalue weighted by Gasteiger charge is 2.68. The van der Waals surface area contributed by atoms with E-state index < -0.39 is 91.3 Å². The van der Waals surface area contributed by atoms with Gasteiger partial charge in [-0.05, 0) is 113 Å². The third-order valence-corrected chi connectivity index (χ3v) is 16.7. The highest BCUT2D eigenvalue weighted by atomic mass is 16.7. The molecule has 20 atom stereocenters. The van der Waals surface area contributed by atoms with Crippen LogP contribution < -0.4 is 0 Å². The Morgan fingerprint density at radius 2 is 1.43 bits per heavy atom. The molecule has 4 aliphatic heterocycles. The number of fused-ring (bicyclic) bond motifs is 5. The molecule has 0 aromatic rings. The van der Waals surface area contributed by atoms with Crippen LogP contribution in [0.15, 0.2) is 11.6 Å². The van der Waals surface area contributed by atoms with Gasteiger partial charge in [0.2, 0.25) is 0 Å². The van der Waals surface area contributed by atoms with E-state index in [9.17, 15) is 39.9 Å². The molecular formula is C45H68O16. The number of aliphatic hydroxyl groups is 4. The van der Waals surface area contributed by atoms with E-state index in [2.05, 4.69) is 13.8 Å². The van der Waals surface area contributed by atoms with Gasteiger partial charge in [0.25, 0.3) is 0 Å². The van der Waals surface area contributed by atoms with Gasteiger partial charge in [0, 0.05) is 30.8 Å². The van der Waals surface area contributed by atoms with Crippen LogP contribution in [0.3, 0.4) is 0 Å². The maximum atomic E-state index is 13.0. The fourth-order valence-corrected chi connectivity index (χ4v) is 13.3. The highest BCUT2D eigenvalue weighted by molar-refractivity contribution is 5.85. The Morgan fingerprint density at radius 1 is 0.754 bits per heavy atom. The standard InChI is InChI=1S/C45H68O16/c1-22-40(52)31(46)18-37(55-22)60-41-23(2)56-38(19-32(41)47)61-42-24(3)57-39(20-33(42)59-35(50)9-8-34(48)49)58-27-10-13-43(4)26(17-27)6-7-30-29(43)11-14-44(5)28(12-15-45(30,44)53)25-16-36(51)54-21-25/h16,22-24,26-33,37-42,46-47,52-53H,6-15,17-21H2,1-5H3,(H,48,49)/t22-,23-,24-,26-,27+,28-,29+,30-,31+,32+,33+,37+,38+,39+,40-,41-,42-,43+,44-,45+/m1/s1. The van der Waals surface area contributed by atoms with Gasteiger partial charge < -0.3 is 63.4 Å². The zero-order valence-electron chi connectivity index (χ0n) is 36.2. The first kappa shape index (κ1) is 45.3. The summed E-state index contributed by atoms with van der Waals surface area (Å²) in [5, 5.41) is 53.3. The monoisotopic (exact) mass is 864 g/mol. The van der Waals surface area contributed by atoms with E-state index in [1.807, 2.05) is 0 Å². The molecule has 16 heteroatoms. The Morgan fingerprint density at radius 3 is 2.10 bits per heavy atom. The predicted molar refractivity (Wildman–Crippen MR) is 212 cm³/mol. The van der Waals surface area contributed by atoms with Crippen LogP contribution in [-0.4, -0.2) is 136 Å². The molecule has 0 aromatic carbocycles. The molecule has 4 heterocycles. The van der Waals surface area contributed by atoms with Crippen molar-refractivity contribution in [1.82, 2.24) is 0 Å². The van der Waals surface area contributed by atoms with Gasteiger partial charge in [0.1, 0.15) is 31.0 Å². The second kappa shape index (κ2) is 17.6. The average molecular weight is 865 g/mol. The lowest BCUT2D eigenvalue weighted by molar-refractivity contribution is -0.336. The molecule has 0 bridgehead atoms. The number of carbonyl (C=O) groups excluding carboxylic acids is 2. The minimum Gasteiger partial charge on any atom is -0.481 e. The Hall–Kier alpha value is -2.25. The number of hydrogen-bond acceptors (Lipinski definition) is 15. The minimum absolute atomic E-state index is 0.0145. The first-order valence-corrected chi connectivity index (χ1v) is 22.9. The minimum atomic E-state index is -1.11. The van der Waals surface area contributed by atoms with Crippen LogP contribution in [0.1, 0.15) is 125 Å². The summed E-state index contributed by atoms with van der Waals surface area (Å²) in [7, 11) is 0. The zero-order valence-corrected chi connectivity index (χ0v) is 36.2. The van der Waals surface area contributed by atoms with Crippen LogP contribution in [0.25, 0.3) is 0 Å². The number of aliphatic hydroxyl groups excluding tert-OH is 3. The van der Waals surface area contributed by atoms with Crippen molar-refractivity contribution >= 4 is 17.9 Å². The van der Waals surface area contributed by atoms with E-state index in [1.54, 1.807) is 26.8 Å². The number of carboxylic acids is 1. The molecule has 5 N–H and O–H groups in total. The molecule has 3 saturated heterocycles. The molecule has 4 saturated carbocycles. The Labute approximate surface area is 357 Å². The molecule has 0 aromatic heterocycles. The highest BCUT2D eigenvalue weighted by Crippen LogP contribution is 2.70. The van der Waals surface area contributed by atoms with Gasteiger partial charge in [-0.1, -0.05) is 13.8 Å². The summed E-state index contributed by atoms with van der Waals surface area (Å²) in [6.07, 6.45) is -0.877. The molecule has 8 aliphatic rings. The number of ether oxygens (including phenoxy) is 8. The van der Waals surface area contributed by atoms with Crippen LogP contribution >= 0.6 is 0 Å². The summed E-state index contributed by atoms with van der Waals surface area (Å²) in [5.41, 5.74) is 0.000513. The van der Waals surface area contributed by atoms with Crippen LogP contribution in [0.4, 0.5) is 0 Å². The third kappa shape index (κ3) is 8.69. The summed E-state index contributed by atoms with van der Waals surface area (Å²) in [6.45, 7) is 10.2. The van der Waals surface area contributed by atoms with Crippen molar-refractivity contribution in [3.05, 3.63) is 11.6 Å². The van der Waals surface area contributed by atoms with Crippen LogP contribution in [0.5, 0.6) is 0 Å². The summed E-state index contributed by atoms with van der Waals surface area (Å²) in [4.78, 5) is 36.2. The van der Waals surface area contributed by atoms with E-state index in [-0.39, 0.29) is 66.8 Å². The van der Waals surface area contributed by atoms with Gasteiger partial charge >= 0.3 is 17.9 Å². The molecule has 0 spiro atoms. The van der Waals surface area contributed by atoms with Crippen molar-refractivity contribution in [2.45, 2.75) is 210 Å². The zero-order chi connectivity index (χ0) is 43.6. The fourth-order valence-electron chi connectivity index (χ4n) is 13.3. The summed E-state index contributed by atoms with van der Waals surface area (Å²) in [5.74, 6) is -0.942. The molecule has 4 aliphatic carbocycles. The van der Waals surface area contributed by atoms with Crippen molar-refractivity contribution in [2.75, 3.05) is 6.61 Å². The SMILES string of the molecule is C[C@H]1O[C@@H](O[C@H]2[C@@H](O)C[C@H](O[C@H]3[C@@H](OC(=O)CCC(=O)O)C[C@H](O[C@H]4CC[C@@]5(C)[C@H](CC[C@@H]6[C@@H]5CC[C@]5(C)[C@@H](C7=CC(=O)OC7)CC[C@]65O)C4)O[C@@H]3C)O[C@@H]2C)C[C@H](O)[C@@H]1O. The van der Waals surface area contributed by atoms with Gasteiger partial charge in [-0.15, -0.1) is 0 Å². The maximum absolute atomic E-state index is 13.0. The average Bonchev–Trinajstić information content (AvgIpc) is 3.74. The summed E-state index contributed by atoms with van der Waals surface area (Å²) < 4.78 is 48.7. The summed E-state index contributed by atoms with van der Waals surface area (Å²) in [6, 6.07) is 0. The number of carboxylic acid groups (broad SMARTS) is 1. The van der Waals surface area contributed by atoms with E-state index in [0.29, 0.717) is 18.4 Å². The van der Waals surface area contributed by atoms with Crippen molar-refractivity contribution < 1.29 is 77.8 Å². The lowest BCUT2D eigenvalue weighted by Crippen LogP contribution is -2.62. The fraction of sp³-hybridized carbons (Fsp3) is 0.889. The van der Waals surface area contributed by atoms with Crippen molar-refractivity contribution in [1.29, 1.82) is 0 Å². The lowest BCUT2D eigenvalue weighted by atomic mass is 9.43. The van der Waals surface area contributed by atoms with Gasteiger partial charge in [-0.2, -0.15) is 0 Å². The van der Waals surface area contributed by atoms with Gasteiger partial charge in [-0.3, -0.25) is 9.59 Å². The van der Waals surface area contributed by atoms with Gasteiger partial charge in [0.05, 0.1) is 55.1 Å². The first-order chi connectivity index (χ1) is 28.9. The third-order valence-electron chi connectivity index (χ3n) is 16.7. The predicted octanol–water partition coefficient (Wildman–Crippen LogP) is 3.66. The second-order valence-electron chi connectivity index (χ2n) is 20.1. The maximum Gasteiger partial charge on any atom is 0.331 e. The largest absolute Gasteiger partial charge is 0.481 e. The molecule has 0 amide bonds. The van der Waals surface area contributed by atoms with Gasteiger partial charge in [-0.25, -0.2) is 4.79 Å². The second-order valence-corrected chi connectivity index (χ2v) is 20.1. The number of esters is 2. The first-order valence-electron chi connectivity index (χ1n) is 22.9. The molecule has 8 rings (SSSR count). The van der Waals surface area contributed by atoms with Crippen LogP contribution in [-0.2, 0) is 52.3 Å². The molecule has 61 heavy (non-hydrogen) atoms. The van der Waals surface area contributed by atoms with E-state index >= 15 is 0 Å². The number of rotatable bonds is 11. The smallest absolute Gasteiger partial charge is 0.331 e. The molecule has 344 valence electrons. The number of carbonyl (C=O) groups is 3. The number of aliphatic carboxylic acids is 1. The molecule has 0 radical (unpaired) electrons. The molecular weight excluding hydrogens is 796 g/mol. The quantitative estimate of drug-likeness (QED) is 0.148. The number of cyclic esters (lactones) is 1. The normalized spacial score (nSPS) is 49.8. The molecule has 7 fully saturated rings.